The number of alkyl halides is 3. The molecule has 3 heterocycles. The van der Waals surface area contributed by atoms with Crippen LogP contribution < -0.4 is 10.6 Å². The van der Waals surface area contributed by atoms with E-state index in [4.69, 9.17) is 4.52 Å². The number of fused-ring (bicyclic) bond motifs is 1. The number of anilines is 1. The van der Waals surface area contributed by atoms with Crippen molar-refractivity contribution in [3.05, 3.63) is 71.1 Å². The summed E-state index contributed by atoms with van der Waals surface area (Å²) in [5, 5.41) is 9.46. The van der Waals surface area contributed by atoms with Crippen molar-refractivity contribution in [3.8, 4) is 0 Å². The number of aryl methyl sites for hydroxylation is 2. The van der Waals surface area contributed by atoms with Gasteiger partial charge in [0.15, 0.2) is 0 Å². The molecule has 0 aliphatic rings. The van der Waals surface area contributed by atoms with Gasteiger partial charge < -0.3 is 19.7 Å². The van der Waals surface area contributed by atoms with Gasteiger partial charge in [0, 0.05) is 25.0 Å². The van der Waals surface area contributed by atoms with Crippen molar-refractivity contribution < 1.29 is 27.3 Å². The minimum Gasteiger partial charge on any atom is -0.351 e. The molecule has 1 atom stereocenters. The number of benzene rings is 1. The van der Waals surface area contributed by atoms with Crippen LogP contribution in [0.4, 0.5) is 18.9 Å². The van der Waals surface area contributed by atoms with Crippen LogP contribution >= 0.6 is 0 Å². The summed E-state index contributed by atoms with van der Waals surface area (Å²) in [6, 6.07) is 5.84. The van der Waals surface area contributed by atoms with Gasteiger partial charge in [-0.15, -0.1) is 0 Å². The Morgan fingerprint density at radius 3 is 2.62 bits per heavy atom. The summed E-state index contributed by atoms with van der Waals surface area (Å²) in [4.78, 5) is 33.4. The van der Waals surface area contributed by atoms with Gasteiger partial charge in [-0.05, 0) is 37.6 Å². The van der Waals surface area contributed by atoms with Gasteiger partial charge in [0.2, 0.25) is 5.76 Å². The summed E-state index contributed by atoms with van der Waals surface area (Å²) >= 11 is 0. The van der Waals surface area contributed by atoms with Crippen molar-refractivity contribution in [2.24, 2.45) is 7.05 Å². The molecule has 9 nitrogen and oxygen atoms in total. The van der Waals surface area contributed by atoms with Gasteiger partial charge in [0.05, 0.1) is 17.0 Å². The average molecular weight is 472 g/mol. The fraction of sp³-hybridized carbons (Fsp3) is 0.227. The van der Waals surface area contributed by atoms with Crippen LogP contribution in [0.1, 0.15) is 50.8 Å². The summed E-state index contributed by atoms with van der Waals surface area (Å²) in [5.74, 6) is -1.48. The molecular weight excluding hydrogens is 453 g/mol. The lowest BCUT2D eigenvalue weighted by Crippen LogP contribution is -2.28. The maximum absolute atomic E-state index is 13.1. The predicted octanol–water partition coefficient (Wildman–Crippen LogP) is 4.03. The van der Waals surface area contributed by atoms with Gasteiger partial charge in [-0.1, -0.05) is 11.2 Å². The number of hydrogen-bond acceptors (Lipinski definition) is 6. The van der Waals surface area contributed by atoms with Gasteiger partial charge in [-0.25, -0.2) is 9.97 Å². The van der Waals surface area contributed by atoms with Crippen LogP contribution in [-0.4, -0.2) is 31.5 Å². The van der Waals surface area contributed by atoms with Gasteiger partial charge in [0.25, 0.3) is 11.8 Å². The van der Waals surface area contributed by atoms with Crippen LogP contribution in [0, 0.1) is 6.92 Å². The highest BCUT2D eigenvalue weighted by Crippen LogP contribution is 2.33. The van der Waals surface area contributed by atoms with E-state index in [1.54, 1.807) is 30.8 Å². The molecule has 2 amide bonds. The highest BCUT2D eigenvalue weighted by atomic mass is 19.4. The van der Waals surface area contributed by atoms with Crippen LogP contribution in [-0.2, 0) is 13.2 Å². The van der Waals surface area contributed by atoms with Crippen LogP contribution in [0.2, 0.25) is 0 Å². The molecule has 34 heavy (non-hydrogen) atoms. The normalized spacial score (nSPS) is 12.5. The Morgan fingerprint density at radius 1 is 1.12 bits per heavy atom. The Balaban J connectivity index is 1.46. The molecular formula is C22H19F3N6O3. The lowest BCUT2D eigenvalue weighted by Gasteiger charge is -2.12. The lowest BCUT2D eigenvalue weighted by molar-refractivity contribution is -0.138. The van der Waals surface area contributed by atoms with E-state index in [0.29, 0.717) is 11.0 Å². The lowest BCUT2D eigenvalue weighted by atomic mass is 10.1. The van der Waals surface area contributed by atoms with Crippen molar-refractivity contribution in [2.75, 3.05) is 5.32 Å². The summed E-state index contributed by atoms with van der Waals surface area (Å²) in [6.45, 7) is 2.97. The second-order valence-electron chi connectivity index (χ2n) is 7.68. The number of carbonyl (C=O) groups is 2. The van der Waals surface area contributed by atoms with Gasteiger partial charge in [-0.2, -0.15) is 13.2 Å². The number of aromatic nitrogens is 4. The molecule has 0 unspecified atom stereocenters. The smallest absolute Gasteiger partial charge is 0.351 e. The third-order valence-electron chi connectivity index (χ3n) is 5.22. The van der Waals surface area contributed by atoms with Crippen molar-refractivity contribution in [1.82, 2.24) is 25.0 Å². The minimum atomic E-state index is -4.55. The fourth-order valence-corrected chi connectivity index (χ4v) is 3.40. The zero-order valence-electron chi connectivity index (χ0n) is 18.3. The Kier molecular flexibility index (Phi) is 5.82. The zero-order chi connectivity index (χ0) is 24.6. The molecule has 3 aromatic heterocycles. The van der Waals surface area contributed by atoms with Gasteiger partial charge in [0.1, 0.15) is 23.4 Å². The quantitative estimate of drug-likeness (QED) is 0.453. The maximum Gasteiger partial charge on any atom is 0.416 e. The minimum absolute atomic E-state index is 0.0356. The molecule has 0 aliphatic carbocycles. The van der Waals surface area contributed by atoms with Crippen molar-refractivity contribution >= 4 is 28.5 Å². The monoisotopic (exact) mass is 472 g/mol. The van der Waals surface area contributed by atoms with E-state index in [2.05, 4.69) is 25.8 Å². The first-order valence-electron chi connectivity index (χ1n) is 10.1. The van der Waals surface area contributed by atoms with E-state index in [-0.39, 0.29) is 28.4 Å². The SMILES string of the molecule is Cc1ccc(NC(=O)c2cc([C@H](C)NC(=O)c3ncnc4c3ccn4C)no2)cc1C(F)(F)F. The van der Waals surface area contributed by atoms with E-state index in [0.717, 1.165) is 6.07 Å². The van der Waals surface area contributed by atoms with E-state index in [9.17, 15) is 22.8 Å². The summed E-state index contributed by atoms with van der Waals surface area (Å²) in [5.41, 5.74) is 0.164. The summed E-state index contributed by atoms with van der Waals surface area (Å²) in [6.07, 6.45) is -1.50. The molecule has 4 rings (SSSR count). The molecule has 0 saturated heterocycles. The molecule has 0 spiro atoms. The number of carbonyl (C=O) groups excluding carboxylic acids is 2. The first kappa shape index (κ1) is 23.0. The number of amides is 2. The highest BCUT2D eigenvalue weighted by Gasteiger charge is 2.32. The van der Waals surface area contributed by atoms with Crippen molar-refractivity contribution in [1.29, 1.82) is 0 Å². The van der Waals surface area contributed by atoms with Crippen molar-refractivity contribution in [3.63, 3.8) is 0 Å². The van der Waals surface area contributed by atoms with E-state index >= 15 is 0 Å². The molecule has 2 N–H and O–H groups in total. The topological polar surface area (TPSA) is 115 Å². The summed E-state index contributed by atoms with van der Waals surface area (Å²) in [7, 11) is 1.79. The first-order chi connectivity index (χ1) is 16.0. The standard InChI is InChI=1S/C22H19F3N6O3/c1-11-4-5-13(8-15(11)22(23,24)25)29-20(32)17-9-16(30-34-17)12(2)28-21(33)18-14-6-7-31(3)19(14)27-10-26-18/h4-10,12H,1-3H3,(H,28,33)(H,29,32)/t12-/m0/s1. The largest absolute Gasteiger partial charge is 0.416 e. The predicted molar refractivity (Wildman–Crippen MR) is 115 cm³/mol. The van der Waals surface area contributed by atoms with Crippen LogP contribution in [0.25, 0.3) is 11.0 Å². The van der Waals surface area contributed by atoms with Gasteiger partial charge >= 0.3 is 6.18 Å². The number of hydrogen-bond donors (Lipinski definition) is 2. The second kappa shape index (κ2) is 8.61. The Morgan fingerprint density at radius 2 is 1.88 bits per heavy atom. The fourth-order valence-electron chi connectivity index (χ4n) is 3.40. The Hall–Kier alpha value is -4.22. The third-order valence-corrected chi connectivity index (χ3v) is 5.22. The van der Waals surface area contributed by atoms with E-state index in [1.807, 2.05) is 0 Å². The molecule has 4 aromatic rings. The molecule has 0 fully saturated rings. The number of rotatable bonds is 5. The van der Waals surface area contributed by atoms with E-state index in [1.165, 1.54) is 31.5 Å². The maximum atomic E-state index is 13.1. The first-order valence-corrected chi connectivity index (χ1v) is 10.1. The van der Waals surface area contributed by atoms with E-state index < -0.39 is 29.6 Å². The van der Waals surface area contributed by atoms with Crippen LogP contribution in [0.3, 0.4) is 0 Å². The number of nitrogens with one attached hydrogen (secondary N) is 2. The molecule has 0 saturated carbocycles. The van der Waals surface area contributed by atoms with Crippen LogP contribution in [0.5, 0.6) is 0 Å². The number of halogens is 3. The second-order valence-corrected chi connectivity index (χ2v) is 7.68. The average Bonchev–Trinajstić information content (AvgIpc) is 3.42. The summed E-state index contributed by atoms with van der Waals surface area (Å²) < 4.78 is 46.1. The third kappa shape index (κ3) is 4.47. The Bertz CT molecular complexity index is 1390. The molecule has 12 heteroatoms. The highest BCUT2D eigenvalue weighted by molar-refractivity contribution is 6.04. The van der Waals surface area contributed by atoms with Gasteiger partial charge in [-0.3, -0.25) is 9.59 Å². The molecule has 0 bridgehead atoms. The Labute approximate surface area is 191 Å². The van der Waals surface area contributed by atoms with Crippen molar-refractivity contribution in [2.45, 2.75) is 26.1 Å². The van der Waals surface area contributed by atoms with Crippen LogP contribution in [0.15, 0.2) is 47.4 Å². The zero-order valence-corrected chi connectivity index (χ0v) is 18.3. The molecule has 0 aliphatic heterocycles. The molecule has 0 radical (unpaired) electrons. The molecule has 1 aromatic carbocycles. The molecule has 176 valence electrons. The number of nitrogens with zero attached hydrogens (tertiary/aromatic N) is 4.